The molecule has 0 spiro atoms. The zero-order valence-electron chi connectivity index (χ0n) is 19.4. The number of halogens is 1. The van der Waals surface area contributed by atoms with Crippen LogP contribution in [0, 0.1) is 5.92 Å². The Morgan fingerprint density at radius 2 is 1.70 bits per heavy atom. The van der Waals surface area contributed by atoms with E-state index in [9.17, 15) is 9.59 Å². The molecule has 0 saturated carbocycles. The summed E-state index contributed by atoms with van der Waals surface area (Å²) in [7, 11) is 1.73. The number of esters is 1. The first-order chi connectivity index (χ1) is 15.8. The highest BCUT2D eigenvalue weighted by atomic mass is 35.5. The second kappa shape index (κ2) is 11.7. The van der Waals surface area contributed by atoms with Gasteiger partial charge in [0.25, 0.3) is 0 Å². The molecule has 174 valence electrons. The second-order valence-electron chi connectivity index (χ2n) is 8.69. The number of nitrogens with zero attached hydrogens (tertiary/aromatic N) is 1. The highest BCUT2D eigenvalue weighted by Crippen LogP contribution is 2.18. The van der Waals surface area contributed by atoms with Gasteiger partial charge in [0.15, 0.2) is 0 Å². The highest BCUT2D eigenvalue weighted by Gasteiger charge is 2.23. The molecule has 33 heavy (non-hydrogen) atoms. The van der Waals surface area contributed by atoms with E-state index in [1.165, 1.54) is 0 Å². The molecule has 0 heterocycles. The van der Waals surface area contributed by atoms with Gasteiger partial charge < -0.3 is 15.0 Å². The average Bonchev–Trinajstić information content (AvgIpc) is 2.80. The van der Waals surface area contributed by atoms with Crippen LogP contribution < -0.4 is 5.32 Å². The molecule has 3 aromatic rings. The second-order valence-corrected chi connectivity index (χ2v) is 9.09. The van der Waals surface area contributed by atoms with Crippen molar-refractivity contribution in [3.63, 3.8) is 0 Å². The van der Waals surface area contributed by atoms with Gasteiger partial charge >= 0.3 is 12.0 Å². The van der Waals surface area contributed by atoms with Crippen LogP contribution in [0.15, 0.2) is 66.7 Å². The Morgan fingerprint density at radius 3 is 2.42 bits per heavy atom. The molecule has 0 aliphatic rings. The van der Waals surface area contributed by atoms with E-state index in [2.05, 4.69) is 19.2 Å². The quantitative estimate of drug-likeness (QED) is 0.403. The van der Waals surface area contributed by atoms with Crippen LogP contribution in [0.2, 0.25) is 5.02 Å². The van der Waals surface area contributed by atoms with E-state index in [0.29, 0.717) is 17.5 Å². The first-order valence-electron chi connectivity index (χ1n) is 11.2. The SMILES string of the molecule is CC(C)C[C@@H](COC(=O)Cc1ccc2ccccc2c1)N(C)C(=O)NCc1ccccc1Cl. The van der Waals surface area contributed by atoms with E-state index in [1.54, 1.807) is 18.0 Å². The third-order valence-corrected chi connectivity index (χ3v) is 5.97. The van der Waals surface area contributed by atoms with Gasteiger partial charge in [0.2, 0.25) is 0 Å². The number of nitrogens with one attached hydrogen (secondary N) is 1. The van der Waals surface area contributed by atoms with Crippen molar-refractivity contribution in [1.82, 2.24) is 10.2 Å². The first kappa shape index (κ1) is 24.6. The summed E-state index contributed by atoms with van der Waals surface area (Å²) in [4.78, 5) is 26.9. The number of benzene rings is 3. The third kappa shape index (κ3) is 7.22. The van der Waals surface area contributed by atoms with Crippen LogP contribution in [0.4, 0.5) is 4.79 Å². The van der Waals surface area contributed by atoms with Gasteiger partial charge in [-0.2, -0.15) is 0 Å². The Bertz CT molecular complexity index is 1100. The lowest BCUT2D eigenvalue weighted by atomic mass is 10.0. The smallest absolute Gasteiger partial charge is 0.317 e. The van der Waals surface area contributed by atoms with Crippen molar-refractivity contribution < 1.29 is 14.3 Å². The van der Waals surface area contributed by atoms with Crippen molar-refractivity contribution in [3.8, 4) is 0 Å². The average molecular weight is 467 g/mol. The Labute approximate surface area is 200 Å². The molecular weight excluding hydrogens is 436 g/mol. The summed E-state index contributed by atoms with van der Waals surface area (Å²) < 4.78 is 5.59. The zero-order valence-corrected chi connectivity index (χ0v) is 20.1. The maximum atomic E-state index is 12.7. The van der Waals surface area contributed by atoms with Gasteiger partial charge in [0.05, 0.1) is 12.5 Å². The van der Waals surface area contributed by atoms with Crippen LogP contribution in [0.5, 0.6) is 0 Å². The standard InChI is InChI=1S/C27H31ClN2O3/c1-19(2)14-24(30(3)27(32)29-17-23-10-6-7-11-25(23)28)18-33-26(31)16-20-12-13-21-8-4-5-9-22(21)15-20/h4-13,15,19,24H,14,16-18H2,1-3H3,(H,29,32)/t24-/m0/s1. The number of amides is 2. The molecule has 0 aromatic heterocycles. The number of hydrogen-bond acceptors (Lipinski definition) is 3. The Kier molecular flexibility index (Phi) is 8.72. The van der Waals surface area contributed by atoms with Gasteiger partial charge in [-0.05, 0) is 40.3 Å². The number of hydrogen-bond donors (Lipinski definition) is 1. The lowest BCUT2D eigenvalue weighted by Gasteiger charge is -2.29. The highest BCUT2D eigenvalue weighted by molar-refractivity contribution is 6.31. The minimum absolute atomic E-state index is 0.153. The molecule has 0 saturated heterocycles. The summed E-state index contributed by atoms with van der Waals surface area (Å²) in [5, 5.41) is 5.74. The van der Waals surface area contributed by atoms with E-state index in [-0.39, 0.29) is 31.1 Å². The number of rotatable bonds is 9. The van der Waals surface area contributed by atoms with Crippen LogP contribution in [-0.2, 0) is 22.5 Å². The monoisotopic (exact) mass is 466 g/mol. The summed E-state index contributed by atoms with van der Waals surface area (Å²) in [6.45, 7) is 4.65. The molecule has 0 aliphatic carbocycles. The number of urea groups is 1. The molecule has 0 radical (unpaired) electrons. The van der Waals surface area contributed by atoms with Gasteiger partial charge in [-0.1, -0.05) is 86.1 Å². The lowest BCUT2D eigenvalue weighted by Crippen LogP contribution is -2.46. The predicted octanol–water partition coefficient (Wildman–Crippen LogP) is 5.84. The van der Waals surface area contributed by atoms with E-state index in [1.807, 2.05) is 60.7 Å². The molecule has 0 aliphatic heterocycles. The molecule has 3 aromatic carbocycles. The summed E-state index contributed by atoms with van der Waals surface area (Å²) in [6, 6.07) is 21.0. The van der Waals surface area contributed by atoms with Crippen molar-refractivity contribution >= 4 is 34.4 Å². The van der Waals surface area contributed by atoms with Crippen molar-refractivity contribution in [2.45, 2.75) is 39.3 Å². The molecule has 1 atom stereocenters. The molecule has 2 amide bonds. The van der Waals surface area contributed by atoms with Gasteiger partial charge in [0, 0.05) is 18.6 Å². The van der Waals surface area contributed by atoms with Crippen LogP contribution in [-0.4, -0.2) is 36.6 Å². The van der Waals surface area contributed by atoms with Crippen molar-refractivity contribution in [1.29, 1.82) is 0 Å². The van der Waals surface area contributed by atoms with Gasteiger partial charge in [-0.3, -0.25) is 4.79 Å². The number of fused-ring (bicyclic) bond motifs is 1. The van der Waals surface area contributed by atoms with Gasteiger partial charge in [0.1, 0.15) is 6.61 Å². The lowest BCUT2D eigenvalue weighted by molar-refractivity contribution is -0.144. The molecule has 5 nitrogen and oxygen atoms in total. The topological polar surface area (TPSA) is 58.6 Å². The molecular formula is C27H31ClN2O3. The van der Waals surface area contributed by atoms with E-state index < -0.39 is 0 Å². The third-order valence-electron chi connectivity index (χ3n) is 5.60. The van der Waals surface area contributed by atoms with E-state index in [0.717, 1.165) is 28.3 Å². The minimum Gasteiger partial charge on any atom is -0.463 e. The molecule has 0 unspecified atom stereocenters. The van der Waals surface area contributed by atoms with Crippen LogP contribution in [0.3, 0.4) is 0 Å². The first-order valence-corrected chi connectivity index (χ1v) is 11.6. The van der Waals surface area contributed by atoms with Crippen LogP contribution in [0.25, 0.3) is 10.8 Å². The molecule has 6 heteroatoms. The van der Waals surface area contributed by atoms with Gasteiger partial charge in [-0.25, -0.2) is 4.79 Å². The van der Waals surface area contributed by atoms with Gasteiger partial charge in [-0.15, -0.1) is 0 Å². The summed E-state index contributed by atoms with van der Waals surface area (Å²) in [5.41, 5.74) is 1.76. The number of likely N-dealkylation sites (N-methyl/N-ethyl adjacent to an activating group) is 1. The fourth-order valence-corrected chi connectivity index (χ4v) is 3.94. The number of carbonyl (C=O) groups excluding carboxylic acids is 2. The Balaban J connectivity index is 1.56. The minimum atomic E-state index is -0.302. The van der Waals surface area contributed by atoms with Crippen LogP contribution >= 0.6 is 11.6 Å². The molecule has 3 rings (SSSR count). The van der Waals surface area contributed by atoms with Crippen molar-refractivity contribution in [3.05, 3.63) is 82.9 Å². The fraction of sp³-hybridized carbons (Fsp3) is 0.333. The maximum absolute atomic E-state index is 12.7. The summed E-state index contributed by atoms with van der Waals surface area (Å²) in [6.07, 6.45) is 0.918. The zero-order chi connectivity index (χ0) is 23.8. The van der Waals surface area contributed by atoms with Crippen LogP contribution in [0.1, 0.15) is 31.4 Å². The largest absolute Gasteiger partial charge is 0.463 e. The molecule has 0 fully saturated rings. The maximum Gasteiger partial charge on any atom is 0.317 e. The van der Waals surface area contributed by atoms with E-state index >= 15 is 0 Å². The normalized spacial score (nSPS) is 11.9. The predicted molar refractivity (Wildman–Crippen MR) is 133 cm³/mol. The van der Waals surface area contributed by atoms with Crippen molar-refractivity contribution in [2.75, 3.05) is 13.7 Å². The molecule has 1 N–H and O–H groups in total. The fourth-order valence-electron chi connectivity index (χ4n) is 3.74. The summed E-state index contributed by atoms with van der Waals surface area (Å²) in [5.74, 6) is 0.0388. The summed E-state index contributed by atoms with van der Waals surface area (Å²) >= 11 is 6.18. The van der Waals surface area contributed by atoms with Crippen molar-refractivity contribution in [2.24, 2.45) is 5.92 Å². The Morgan fingerprint density at radius 1 is 1.00 bits per heavy atom. The molecule has 0 bridgehead atoms. The van der Waals surface area contributed by atoms with E-state index in [4.69, 9.17) is 16.3 Å². The Hall–Kier alpha value is -3.05. The number of carbonyl (C=O) groups is 2. The number of ether oxygens (including phenoxy) is 1.